The van der Waals surface area contributed by atoms with Gasteiger partial charge in [-0.25, -0.2) is 0 Å². The van der Waals surface area contributed by atoms with Crippen LogP contribution in [0.2, 0.25) is 0 Å². The summed E-state index contributed by atoms with van der Waals surface area (Å²) in [4.78, 5) is 0. The van der Waals surface area contributed by atoms with Gasteiger partial charge >= 0.3 is 0 Å². The Labute approximate surface area is 75.2 Å². The summed E-state index contributed by atoms with van der Waals surface area (Å²) >= 11 is 0. The van der Waals surface area contributed by atoms with Crippen molar-refractivity contribution >= 4 is 0 Å². The van der Waals surface area contributed by atoms with E-state index < -0.39 is 0 Å². The first-order chi connectivity index (χ1) is 5.48. The number of hydrogen-bond donors (Lipinski definition) is 1. The van der Waals surface area contributed by atoms with E-state index in [1.54, 1.807) is 0 Å². The van der Waals surface area contributed by atoms with Crippen molar-refractivity contribution in [2.24, 2.45) is 5.73 Å². The maximum atomic E-state index is 5.48. The zero-order valence-electron chi connectivity index (χ0n) is 8.59. The van der Waals surface area contributed by atoms with E-state index in [0.717, 1.165) is 0 Å². The molecule has 3 nitrogen and oxygen atoms in total. The minimum atomic E-state index is -0.222. The third-order valence-corrected chi connectivity index (χ3v) is 1.52. The van der Waals surface area contributed by atoms with Gasteiger partial charge in [0.15, 0.2) is 0 Å². The maximum Gasteiger partial charge on any atom is 0.0749 e. The van der Waals surface area contributed by atoms with Crippen LogP contribution in [0.3, 0.4) is 0 Å². The molecule has 0 rings (SSSR count). The molecule has 0 spiro atoms. The van der Waals surface area contributed by atoms with E-state index in [2.05, 4.69) is 0 Å². The molecule has 74 valence electrons. The van der Waals surface area contributed by atoms with Gasteiger partial charge in [0.05, 0.1) is 24.9 Å². The van der Waals surface area contributed by atoms with E-state index in [0.29, 0.717) is 19.8 Å². The molecular formula is C9H21NO2. The largest absolute Gasteiger partial charge is 0.376 e. The Balaban J connectivity index is 3.31. The molecule has 0 aromatic rings. The van der Waals surface area contributed by atoms with Crippen molar-refractivity contribution in [3.8, 4) is 0 Å². The Morgan fingerprint density at radius 1 is 1.25 bits per heavy atom. The minimum absolute atomic E-state index is 0.222. The highest BCUT2D eigenvalue weighted by Crippen LogP contribution is 2.05. The fourth-order valence-corrected chi connectivity index (χ4v) is 0.661. The van der Waals surface area contributed by atoms with Gasteiger partial charge in [0.25, 0.3) is 0 Å². The number of rotatable bonds is 6. The van der Waals surface area contributed by atoms with Crippen LogP contribution in [0, 0.1) is 0 Å². The summed E-state index contributed by atoms with van der Waals surface area (Å²) in [6, 6.07) is 0. The molecule has 0 bridgehead atoms. The maximum absolute atomic E-state index is 5.48. The molecule has 0 unspecified atom stereocenters. The molecule has 2 N–H and O–H groups in total. The van der Waals surface area contributed by atoms with Gasteiger partial charge in [0.1, 0.15) is 0 Å². The lowest BCUT2D eigenvalue weighted by Gasteiger charge is -2.23. The molecule has 0 radical (unpaired) electrons. The number of hydrogen-bond acceptors (Lipinski definition) is 3. The fraction of sp³-hybridized carbons (Fsp3) is 1.00. The van der Waals surface area contributed by atoms with E-state index in [9.17, 15) is 0 Å². The summed E-state index contributed by atoms with van der Waals surface area (Å²) in [5.74, 6) is 0. The summed E-state index contributed by atoms with van der Waals surface area (Å²) in [6.07, 6.45) is 0.273. The van der Waals surface area contributed by atoms with Crippen molar-refractivity contribution in [1.82, 2.24) is 0 Å². The molecule has 0 aromatic carbocycles. The van der Waals surface area contributed by atoms with Gasteiger partial charge in [-0.3, -0.25) is 0 Å². The second kappa shape index (κ2) is 5.51. The Kier molecular flexibility index (Phi) is 5.46. The van der Waals surface area contributed by atoms with Crippen LogP contribution in [0.5, 0.6) is 0 Å². The summed E-state index contributed by atoms with van der Waals surface area (Å²) in [5.41, 5.74) is 5.26. The van der Waals surface area contributed by atoms with Crippen molar-refractivity contribution < 1.29 is 9.47 Å². The molecule has 0 saturated heterocycles. The minimum Gasteiger partial charge on any atom is -0.376 e. The van der Waals surface area contributed by atoms with Gasteiger partial charge in [-0.1, -0.05) is 0 Å². The Bertz CT molecular complexity index is 113. The molecule has 0 aliphatic carbocycles. The zero-order valence-corrected chi connectivity index (χ0v) is 8.59. The van der Waals surface area contributed by atoms with E-state index in [-0.39, 0.29) is 11.7 Å². The molecule has 0 aliphatic rings. The molecule has 0 amide bonds. The molecule has 0 atom stereocenters. The first kappa shape index (κ1) is 11.9. The second-order valence-corrected chi connectivity index (χ2v) is 3.73. The highest BCUT2D eigenvalue weighted by molar-refractivity contribution is 4.68. The van der Waals surface area contributed by atoms with Crippen LogP contribution in [0.4, 0.5) is 0 Å². The normalized spacial score (nSPS) is 12.5. The lowest BCUT2D eigenvalue weighted by molar-refractivity contribution is -0.0501. The summed E-state index contributed by atoms with van der Waals surface area (Å²) < 4.78 is 10.8. The van der Waals surface area contributed by atoms with Crippen LogP contribution in [-0.4, -0.2) is 31.5 Å². The Morgan fingerprint density at radius 3 is 2.25 bits per heavy atom. The van der Waals surface area contributed by atoms with Crippen molar-refractivity contribution in [3.05, 3.63) is 0 Å². The third-order valence-electron chi connectivity index (χ3n) is 1.52. The van der Waals surface area contributed by atoms with Crippen LogP contribution < -0.4 is 5.73 Å². The Hall–Kier alpha value is -0.120. The van der Waals surface area contributed by atoms with Crippen molar-refractivity contribution in [2.45, 2.75) is 39.4 Å². The van der Waals surface area contributed by atoms with Gasteiger partial charge in [0, 0.05) is 6.54 Å². The molecule has 0 heterocycles. The van der Waals surface area contributed by atoms with E-state index in [1.165, 1.54) is 0 Å². The smallest absolute Gasteiger partial charge is 0.0749 e. The SMILES string of the molecule is CC(C)OCCOC(C)(C)CN. The van der Waals surface area contributed by atoms with Crippen LogP contribution in [0.1, 0.15) is 27.7 Å². The van der Waals surface area contributed by atoms with Gasteiger partial charge in [0.2, 0.25) is 0 Å². The first-order valence-corrected chi connectivity index (χ1v) is 4.43. The lowest BCUT2D eigenvalue weighted by atomic mass is 10.1. The molecular weight excluding hydrogens is 154 g/mol. The summed E-state index contributed by atoms with van der Waals surface area (Å²) in [5, 5.41) is 0. The van der Waals surface area contributed by atoms with Crippen LogP contribution in [-0.2, 0) is 9.47 Å². The van der Waals surface area contributed by atoms with Gasteiger partial charge in [-0.2, -0.15) is 0 Å². The summed E-state index contributed by atoms with van der Waals surface area (Å²) in [6.45, 7) is 9.76. The molecule has 0 aromatic heterocycles. The van der Waals surface area contributed by atoms with Crippen LogP contribution >= 0.6 is 0 Å². The predicted octanol–water partition coefficient (Wildman–Crippen LogP) is 1.17. The molecule has 0 aliphatic heterocycles. The van der Waals surface area contributed by atoms with Crippen molar-refractivity contribution in [2.75, 3.05) is 19.8 Å². The predicted molar refractivity (Wildman–Crippen MR) is 50.2 cm³/mol. The number of ether oxygens (including phenoxy) is 2. The topological polar surface area (TPSA) is 44.5 Å². The van der Waals surface area contributed by atoms with Crippen LogP contribution in [0.25, 0.3) is 0 Å². The number of nitrogens with two attached hydrogens (primary N) is 1. The third kappa shape index (κ3) is 6.58. The molecule has 0 fully saturated rings. The van der Waals surface area contributed by atoms with E-state index in [1.807, 2.05) is 27.7 Å². The molecule has 0 saturated carbocycles. The van der Waals surface area contributed by atoms with Gasteiger partial charge < -0.3 is 15.2 Å². The zero-order chi connectivity index (χ0) is 9.61. The van der Waals surface area contributed by atoms with Crippen molar-refractivity contribution in [3.63, 3.8) is 0 Å². The van der Waals surface area contributed by atoms with Crippen LogP contribution in [0.15, 0.2) is 0 Å². The molecule has 3 heteroatoms. The van der Waals surface area contributed by atoms with Gasteiger partial charge in [-0.05, 0) is 27.7 Å². The highest BCUT2D eigenvalue weighted by Gasteiger charge is 2.14. The van der Waals surface area contributed by atoms with Crippen molar-refractivity contribution in [1.29, 1.82) is 0 Å². The van der Waals surface area contributed by atoms with Gasteiger partial charge in [-0.15, -0.1) is 0 Å². The first-order valence-electron chi connectivity index (χ1n) is 4.43. The average Bonchev–Trinajstić information content (AvgIpc) is 1.98. The summed E-state index contributed by atoms with van der Waals surface area (Å²) in [7, 11) is 0. The quantitative estimate of drug-likeness (QED) is 0.616. The molecule has 12 heavy (non-hydrogen) atoms. The Morgan fingerprint density at radius 2 is 1.83 bits per heavy atom. The standard InChI is InChI=1S/C9H21NO2/c1-8(2)11-5-6-12-9(3,4)7-10/h8H,5-7,10H2,1-4H3. The second-order valence-electron chi connectivity index (χ2n) is 3.73. The van der Waals surface area contributed by atoms with E-state index >= 15 is 0 Å². The average molecular weight is 175 g/mol. The monoisotopic (exact) mass is 175 g/mol. The highest BCUT2D eigenvalue weighted by atomic mass is 16.5. The fourth-order valence-electron chi connectivity index (χ4n) is 0.661. The lowest BCUT2D eigenvalue weighted by Crippen LogP contribution is -2.35. The van der Waals surface area contributed by atoms with E-state index in [4.69, 9.17) is 15.2 Å².